The molecule has 82 valence electrons. The number of epoxide rings is 1. The fourth-order valence-corrected chi connectivity index (χ4v) is 1.45. The summed E-state index contributed by atoms with van der Waals surface area (Å²) in [5.74, 6) is 0. The van der Waals surface area contributed by atoms with E-state index in [9.17, 15) is 22.0 Å². The second-order valence-electron chi connectivity index (χ2n) is 3.16. The fourth-order valence-electron chi connectivity index (χ4n) is 1.45. The maximum absolute atomic E-state index is 12.7. The van der Waals surface area contributed by atoms with Crippen molar-refractivity contribution in [2.24, 2.45) is 0 Å². The van der Waals surface area contributed by atoms with Crippen LogP contribution in [0.1, 0.15) is 5.56 Å². The number of halogens is 5. The third-order valence-electron chi connectivity index (χ3n) is 2.23. The van der Waals surface area contributed by atoms with Gasteiger partial charge in [-0.3, -0.25) is 4.74 Å². The summed E-state index contributed by atoms with van der Waals surface area (Å²) in [7, 11) is 0. The van der Waals surface area contributed by atoms with E-state index >= 15 is 0 Å². The molecule has 6 heteroatoms. The largest absolute Gasteiger partial charge is 0.430 e. The molecule has 0 spiro atoms. The van der Waals surface area contributed by atoms with Gasteiger partial charge < -0.3 is 0 Å². The van der Waals surface area contributed by atoms with Crippen LogP contribution in [0.2, 0.25) is 0 Å². The molecule has 1 saturated heterocycles. The Morgan fingerprint density at radius 2 is 1.47 bits per heavy atom. The third kappa shape index (κ3) is 1.24. The minimum atomic E-state index is -5.13. The lowest BCUT2D eigenvalue weighted by atomic mass is 9.98. The van der Waals surface area contributed by atoms with Gasteiger partial charge in [-0.25, -0.2) is 0 Å². The van der Waals surface area contributed by atoms with Crippen LogP contribution in [0.4, 0.5) is 22.0 Å². The van der Waals surface area contributed by atoms with Gasteiger partial charge in [0.2, 0.25) is 0 Å². The molecule has 0 saturated carbocycles. The van der Waals surface area contributed by atoms with Crippen molar-refractivity contribution in [2.45, 2.75) is 17.9 Å². The first kappa shape index (κ1) is 10.4. The lowest BCUT2D eigenvalue weighted by molar-refractivity contribution is -0.193. The SMILES string of the molecule is FC(F)(F)C1(c2ccccc2)OC1(F)F. The Labute approximate surface area is 81.5 Å². The summed E-state index contributed by atoms with van der Waals surface area (Å²) >= 11 is 0. The monoisotopic (exact) mass is 224 g/mol. The minimum Gasteiger partial charge on any atom is -0.287 e. The molecule has 1 aliphatic rings. The van der Waals surface area contributed by atoms with Crippen molar-refractivity contribution in [1.29, 1.82) is 0 Å². The first-order valence-electron chi connectivity index (χ1n) is 4.01. The maximum Gasteiger partial charge on any atom is 0.430 e. The highest BCUT2D eigenvalue weighted by Crippen LogP contribution is 2.65. The first-order chi connectivity index (χ1) is 6.81. The molecule has 15 heavy (non-hydrogen) atoms. The molecule has 1 aromatic carbocycles. The van der Waals surface area contributed by atoms with Gasteiger partial charge in [0.05, 0.1) is 0 Å². The van der Waals surface area contributed by atoms with Crippen LogP contribution in [0.15, 0.2) is 30.3 Å². The van der Waals surface area contributed by atoms with E-state index < -0.39 is 23.4 Å². The zero-order chi connectivity index (χ0) is 11.3. The molecule has 0 amide bonds. The molecule has 1 aromatic rings. The average Bonchev–Trinajstić information content (AvgIpc) is 2.72. The quantitative estimate of drug-likeness (QED) is 0.527. The highest BCUT2D eigenvalue weighted by atomic mass is 19.4. The minimum absolute atomic E-state index is 0.581. The fraction of sp³-hybridized carbons (Fsp3) is 0.333. The van der Waals surface area contributed by atoms with Gasteiger partial charge in [0.1, 0.15) is 0 Å². The number of hydrogen-bond donors (Lipinski definition) is 0. The van der Waals surface area contributed by atoms with Crippen molar-refractivity contribution in [3.63, 3.8) is 0 Å². The van der Waals surface area contributed by atoms with E-state index in [-0.39, 0.29) is 0 Å². The van der Waals surface area contributed by atoms with E-state index in [1.165, 1.54) is 18.2 Å². The van der Waals surface area contributed by atoms with Gasteiger partial charge in [-0.05, 0) is 0 Å². The first-order valence-corrected chi connectivity index (χ1v) is 4.01. The van der Waals surface area contributed by atoms with Crippen molar-refractivity contribution in [1.82, 2.24) is 0 Å². The summed E-state index contributed by atoms with van der Waals surface area (Å²) in [6.07, 6.45) is -9.30. The van der Waals surface area contributed by atoms with Crippen molar-refractivity contribution in [3.05, 3.63) is 35.9 Å². The van der Waals surface area contributed by atoms with Gasteiger partial charge in [-0.2, -0.15) is 22.0 Å². The van der Waals surface area contributed by atoms with Crippen LogP contribution in [0.5, 0.6) is 0 Å². The summed E-state index contributed by atoms with van der Waals surface area (Å²) in [5.41, 5.74) is -4.04. The number of rotatable bonds is 1. The molecule has 1 unspecified atom stereocenters. The van der Waals surface area contributed by atoms with E-state index in [4.69, 9.17) is 0 Å². The number of benzene rings is 1. The standard InChI is InChI=1S/C9H5F5O/c10-8(11,12)7(9(13,14)15-7)6-4-2-1-3-5-6/h1-5H. The normalized spacial score (nSPS) is 28.9. The predicted octanol–water partition coefficient (Wildman–Crippen LogP) is 3.07. The Balaban J connectivity index is 2.49. The van der Waals surface area contributed by atoms with Crippen LogP contribution in [-0.4, -0.2) is 12.3 Å². The van der Waals surface area contributed by atoms with Crippen LogP contribution >= 0.6 is 0 Å². The predicted molar refractivity (Wildman–Crippen MR) is 40.2 cm³/mol. The summed E-state index contributed by atoms with van der Waals surface area (Å²) < 4.78 is 66.4. The molecule has 1 nitrogen and oxygen atoms in total. The average molecular weight is 224 g/mol. The molecule has 0 aromatic heterocycles. The number of ether oxygens (including phenoxy) is 1. The molecule has 1 aliphatic heterocycles. The van der Waals surface area contributed by atoms with Crippen molar-refractivity contribution < 1.29 is 26.7 Å². The Kier molecular flexibility index (Phi) is 1.86. The summed E-state index contributed by atoms with van der Waals surface area (Å²) in [4.78, 5) is 0. The molecule has 0 bridgehead atoms. The summed E-state index contributed by atoms with van der Waals surface area (Å²) in [5, 5.41) is 0. The molecular formula is C9H5F5O. The van der Waals surface area contributed by atoms with Crippen LogP contribution in [0.25, 0.3) is 0 Å². The molecule has 2 rings (SSSR count). The Morgan fingerprint density at radius 1 is 1.00 bits per heavy atom. The maximum atomic E-state index is 12.7. The Hall–Kier alpha value is -1.17. The van der Waals surface area contributed by atoms with Crippen LogP contribution in [0, 0.1) is 0 Å². The van der Waals surface area contributed by atoms with Gasteiger partial charge in [-0.1, -0.05) is 30.3 Å². The molecule has 0 N–H and O–H groups in total. The molecule has 1 atom stereocenters. The second kappa shape index (κ2) is 2.69. The zero-order valence-electron chi connectivity index (χ0n) is 7.18. The number of hydrogen-bond acceptors (Lipinski definition) is 1. The second-order valence-corrected chi connectivity index (χ2v) is 3.16. The van der Waals surface area contributed by atoms with Crippen LogP contribution in [0.3, 0.4) is 0 Å². The van der Waals surface area contributed by atoms with Gasteiger partial charge in [0, 0.05) is 5.56 Å². The lowest BCUT2D eigenvalue weighted by Crippen LogP contribution is -2.34. The highest BCUT2D eigenvalue weighted by Gasteiger charge is 2.88. The van der Waals surface area contributed by atoms with Crippen LogP contribution < -0.4 is 0 Å². The van der Waals surface area contributed by atoms with Gasteiger partial charge >= 0.3 is 12.3 Å². The van der Waals surface area contributed by atoms with E-state index in [2.05, 4.69) is 4.74 Å². The van der Waals surface area contributed by atoms with Gasteiger partial charge in [0.15, 0.2) is 0 Å². The lowest BCUT2D eigenvalue weighted by Gasteiger charge is -2.15. The zero-order valence-corrected chi connectivity index (χ0v) is 7.18. The van der Waals surface area contributed by atoms with Gasteiger partial charge in [-0.15, -0.1) is 0 Å². The van der Waals surface area contributed by atoms with E-state index in [0.29, 0.717) is 0 Å². The third-order valence-corrected chi connectivity index (χ3v) is 2.23. The summed E-state index contributed by atoms with van der Waals surface area (Å²) in [6, 6.07) is 5.87. The Morgan fingerprint density at radius 3 is 1.80 bits per heavy atom. The molecule has 1 heterocycles. The van der Waals surface area contributed by atoms with Crippen molar-refractivity contribution >= 4 is 0 Å². The van der Waals surface area contributed by atoms with Crippen molar-refractivity contribution in [3.8, 4) is 0 Å². The summed E-state index contributed by atoms with van der Waals surface area (Å²) in [6.45, 7) is 0. The number of alkyl halides is 5. The van der Waals surface area contributed by atoms with Crippen LogP contribution in [-0.2, 0) is 10.3 Å². The Bertz CT molecular complexity index is 372. The topological polar surface area (TPSA) is 12.5 Å². The molecular weight excluding hydrogens is 219 g/mol. The van der Waals surface area contributed by atoms with E-state index in [1.807, 2.05) is 0 Å². The van der Waals surface area contributed by atoms with E-state index in [0.717, 1.165) is 12.1 Å². The molecule has 0 radical (unpaired) electrons. The smallest absolute Gasteiger partial charge is 0.287 e. The van der Waals surface area contributed by atoms with Gasteiger partial charge in [0.25, 0.3) is 5.60 Å². The van der Waals surface area contributed by atoms with E-state index in [1.54, 1.807) is 0 Å². The van der Waals surface area contributed by atoms with Crippen molar-refractivity contribution in [2.75, 3.05) is 0 Å². The molecule has 1 fully saturated rings. The molecule has 0 aliphatic carbocycles. The highest BCUT2D eigenvalue weighted by molar-refractivity contribution is 5.32.